The number of aldehydes is 1. The molecule has 2 aromatic carbocycles. The number of carbonyl (C=O) groups is 2. The van der Waals surface area contributed by atoms with Crippen molar-refractivity contribution in [3.63, 3.8) is 0 Å². The van der Waals surface area contributed by atoms with Crippen molar-refractivity contribution in [3.8, 4) is 5.75 Å². The van der Waals surface area contributed by atoms with Crippen LogP contribution in [-0.2, 0) is 4.79 Å². The highest BCUT2D eigenvalue weighted by Crippen LogP contribution is 2.34. The zero-order chi connectivity index (χ0) is 17.6. The van der Waals surface area contributed by atoms with Crippen molar-refractivity contribution in [1.29, 1.82) is 0 Å². The van der Waals surface area contributed by atoms with E-state index in [4.69, 9.17) is 4.74 Å². The van der Waals surface area contributed by atoms with Gasteiger partial charge in [-0.05, 0) is 24.6 Å². The van der Waals surface area contributed by atoms with Crippen molar-refractivity contribution in [2.45, 2.75) is 25.2 Å². The highest BCUT2D eigenvalue weighted by atomic mass is 32.2. The molecule has 0 aromatic heterocycles. The minimum atomic E-state index is -0.402. The highest BCUT2D eigenvalue weighted by Gasteiger charge is 2.23. The summed E-state index contributed by atoms with van der Waals surface area (Å²) in [6.45, 7) is 3.93. The molecule has 0 heterocycles. The van der Waals surface area contributed by atoms with Crippen molar-refractivity contribution in [1.82, 2.24) is 0 Å². The van der Waals surface area contributed by atoms with Gasteiger partial charge in [-0.25, -0.2) is 0 Å². The molecule has 2 aromatic rings. The number of methoxy groups -OCH3 is 1. The zero-order valence-corrected chi connectivity index (χ0v) is 15.1. The van der Waals surface area contributed by atoms with Gasteiger partial charge in [0.05, 0.1) is 7.11 Å². The smallest absolute Gasteiger partial charge is 0.194 e. The second-order valence-electron chi connectivity index (χ2n) is 5.97. The third-order valence-electron chi connectivity index (χ3n) is 4.12. The molecule has 0 spiro atoms. The molecule has 3 nitrogen and oxygen atoms in total. The number of thioether (sulfide) groups is 1. The third kappa shape index (κ3) is 4.26. The molecule has 4 heteroatoms. The van der Waals surface area contributed by atoms with Gasteiger partial charge in [-0.3, -0.25) is 4.79 Å². The molecule has 126 valence electrons. The van der Waals surface area contributed by atoms with E-state index in [1.165, 1.54) is 11.8 Å². The lowest BCUT2D eigenvalue weighted by molar-refractivity contribution is -0.114. The predicted octanol–water partition coefficient (Wildman–Crippen LogP) is 4.63. The Morgan fingerprint density at radius 1 is 1.21 bits per heavy atom. The van der Waals surface area contributed by atoms with Gasteiger partial charge >= 0.3 is 0 Å². The molecular formula is C20H22O3S. The average Bonchev–Trinajstić information content (AvgIpc) is 2.66. The SMILES string of the molecule is CCC(C)(C=O)CSc1cc(OC)ccc1C(=O)c1ccccc1. The molecule has 0 radical (unpaired) electrons. The van der Waals surface area contributed by atoms with Gasteiger partial charge in [0, 0.05) is 27.2 Å². The van der Waals surface area contributed by atoms with E-state index in [1.807, 2.05) is 50.2 Å². The number of ketones is 1. The number of hydrogen-bond donors (Lipinski definition) is 0. The van der Waals surface area contributed by atoms with Crippen LogP contribution in [0.1, 0.15) is 36.2 Å². The molecular weight excluding hydrogens is 320 g/mol. The highest BCUT2D eigenvalue weighted by molar-refractivity contribution is 7.99. The van der Waals surface area contributed by atoms with Crippen LogP contribution in [0.5, 0.6) is 5.75 Å². The van der Waals surface area contributed by atoms with Gasteiger partial charge in [-0.1, -0.05) is 44.2 Å². The summed E-state index contributed by atoms with van der Waals surface area (Å²) >= 11 is 1.52. The first-order valence-electron chi connectivity index (χ1n) is 7.90. The number of rotatable bonds is 8. The van der Waals surface area contributed by atoms with Gasteiger partial charge in [-0.15, -0.1) is 11.8 Å². The molecule has 0 aliphatic heterocycles. The summed E-state index contributed by atoms with van der Waals surface area (Å²) in [6.07, 6.45) is 1.76. The van der Waals surface area contributed by atoms with Gasteiger partial charge < -0.3 is 9.53 Å². The first kappa shape index (κ1) is 18.3. The molecule has 24 heavy (non-hydrogen) atoms. The molecule has 0 N–H and O–H groups in total. The van der Waals surface area contributed by atoms with E-state index in [0.717, 1.165) is 17.6 Å². The zero-order valence-electron chi connectivity index (χ0n) is 14.2. The Morgan fingerprint density at radius 3 is 2.50 bits per heavy atom. The second kappa shape index (κ2) is 8.15. The molecule has 0 amide bonds. The van der Waals surface area contributed by atoms with E-state index in [9.17, 15) is 9.59 Å². The number of carbonyl (C=O) groups excluding carboxylic acids is 2. The summed E-state index contributed by atoms with van der Waals surface area (Å²) in [5.74, 6) is 1.30. The Balaban J connectivity index is 2.34. The van der Waals surface area contributed by atoms with E-state index in [1.54, 1.807) is 19.2 Å². The fraction of sp³-hybridized carbons (Fsp3) is 0.300. The molecule has 1 unspecified atom stereocenters. The van der Waals surface area contributed by atoms with Gasteiger partial charge in [0.25, 0.3) is 0 Å². The minimum absolute atomic E-state index is 0.0231. The summed E-state index contributed by atoms with van der Waals surface area (Å²) in [7, 11) is 1.60. The largest absolute Gasteiger partial charge is 0.497 e. The first-order valence-corrected chi connectivity index (χ1v) is 8.88. The third-order valence-corrected chi connectivity index (χ3v) is 5.57. The summed E-state index contributed by atoms with van der Waals surface area (Å²) in [4.78, 5) is 25.0. The molecule has 1 atom stereocenters. The molecule has 0 fully saturated rings. The second-order valence-corrected chi connectivity index (χ2v) is 6.99. The lowest BCUT2D eigenvalue weighted by atomic mass is 9.92. The van der Waals surface area contributed by atoms with Crippen molar-refractivity contribution >= 4 is 23.8 Å². The van der Waals surface area contributed by atoms with E-state index >= 15 is 0 Å². The molecule has 0 saturated carbocycles. The minimum Gasteiger partial charge on any atom is -0.497 e. The predicted molar refractivity (Wildman–Crippen MR) is 98.1 cm³/mol. The lowest BCUT2D eigenvalue weighted by Crippen LogP contribution is -2.20. The molecule has 0 saturated heterocycles. The first-order chi connectivity index (χ1) is 11.5. The quantitative estimate of drug-likeness (QED) is 0.398. The fourth-order valence-electron chi connectivity index (χ4n) is 2.14. The Bertz CT molecular complexity index is 712. The molecule has 2 rings (SSSR count). The van der Waals surface area contributed by atoms with Crippen LogP contribution in [0.15, 0.2) is 53.4 Å². The Hall–Kier alpha value is -2.07. The molecule has 0 aliphatic carbocycles. The summed E-state index contributed by atoms with van der Waals surface area (Å²) in [6, 6.07) is 14.7. The van der Waals surface area contributed by atoms with Crippen molar-refractivity contribution < 1.29 is 14.3 Å². The Kier molecular flexibility index (Phi) is 6.21. The van der Waals surface area contributed by atoms with Crippen molar-refractivity contribution in [2.75, 3.05) is 12.9 Å². The summed E-state index contributed by atoms with van der Waals surface area (Å²) in [5.41, 5.74) is 0.885. The summed E-state index contributed by atoms with van der Waals surface area (Å²) < 4.78 is 5.29. The number of hydrogen-bond acceptors (Lipinski definition) is 4. The van der Waals surface area contributed by atoms with Crippen molar-refractivity contribution in [3.05, 3.63) is 59.7 Å². The normalized spacial score (nSPS) is 13.1. The van der Waals surface area contributed by atoms with Crippen LogP contribution in [0.3, 0.4) is 0 Å². The monoisotopic (exact) mass is 342 g/mol. The number of benzene rings is 2. The topological polar surface area (TPSA) is 43.4 Å². The fourth-order valence-corrected chi connectivity index (χ4v) is 3.42. The van der Waals surface area contributed by atoms with Gasteiger partial charge in [0.15, 0.2) is 5.78 Å². The molecule has 0 aliphatic rings. The van der Waals surface area contributed by atoms with Gasteiger partial charge in [-0.2, -0.15) is 0 Å². The van der Waals surface area contributed by atoms with Crippen LogP contribution in [-0.4, -0.2) is 24.9 Å². The lowest BCUT2D eigenvalue weighted by Gasteiger charge is -2.21. The van der Waals surface area contributed by atoms with E-state index in [2.05, 4.69) is 0 Å². The maximum absolute atomic E-state index is 12.8. The standard InChI is InChI=1S/C20H22O3S/c1-4-20(2,13-21)14-24-18-12-16(23-3)10-11-17(18)19(22)15-8-6-5-7-9-15/h5-13H,4,14H2,1-3H3. The van der Waals surface area contributed by atoms with E-state index in [-0.39, 0.29) is 5.78 Å². The maximum Gasteiger partial charge on any atom is 0.194 e. The van der Waals surface area contributed by atoms with E-state index in [0.29, 0.717) is 22.6 Å². The maximum atomic E-state index is 12.8. The van der Waals surface area contributed by atoms with E-state index < -0.39 is 5.41 Å². The van der Waals surface area contributed by atoms with Crippen LogP contribution < -0.4 is 4.74 Å². The Morgan fingerprint density at radius 2 is 1.92 bits per heavy atom. The molecule has 0 bridgehead atoms. The van der Waals surface area contributed by atoms with Crippen molar-refractivity contribution in [2.24, 2.45) is 5.41 Å². The summed E-state index contributed by atoms with van der Waals surface area (Å²) in [5, 5.41) is 0. The van der Waals surface area contributed by atoms with Gasteiger partial charge in [0.1, 0.15) is 12.0 Å². The van der Waals surface area contributed by atoms with Crippen LogP contribution in [0.2, 0.25) is 0 Å². The van der Waals surface area contributed by atoms with Crippen LogP contribution in [0.4, 0.5) is 0 Å². The van der Waals surface area contributed by atoms with Gasteiger partial charge in [0.2, 0.25) is 0 Å². The number of ether oxygens (including phenoxy) is 1. The Labute approximate surface area is 147 Å². The van der Waals surface area contributed by atoms with Crippen LogP contribution >= 0.6 is 11.8 Å². The average molecular weight is 342 g/mol. The van der Waals surface area contributed by atoms with Crippen LogP contribution in [0, 0.1) is 5.41 Å². The van der Waals surface area contributed by atoms with Crippen LogP contribution in [0.25, 0.3) is 0 Å².